The van der Waals surface area contributed by atoms with Crippen molar-refractivity contribution in [1.82, 2.24) is 15.1 Å². The molecule has 0 radical (unpaired) electrons. The topological polar surface area (TPSA) is 73.8 Å². The van der Waals surface area contributed by atoms with E-state index in [-0.39, 0.29) is 12.0 Å². The molecule has 0 atom stereocenters. The van der Waals surface area contributed by atoms with E-state index in [0.717, 1.165) is 12.8 Å². The summed E-state index contributed by atoms with van der Waals surface area (Å²) in [6.07, 6.45) is 1.60. The van der Waals surface area contributed by atoms with Crippen molar-refractivity contribution in [3.63, 3.8) is 0 Å². The fraction of sp³-hybridized carbons (Fsp3) is 0.438. The Kier molecular flexibility index (Phi) is 5.14. The van der Waals surface area contributed by atoms with Crippen LogP contribution in [-0.4, -0.2) is 54.4 Å². The number of likely N-dealkylation sites (tertiary alicyclic amines) is 1. The van der Waals surface area contributed by atoms with Crippen LogP contribution in [0.3, 0.4) is 0 Å². The molecule has 0 spiro atoms. The molecule has 0 N–H and O–H groups in total. The molecule has 0 unspecified atom stereocenters. The molecule has 1 aromatic carbocycles. The molecule has 1 aromatic heterocycles. The van der Waals surface area contributed by atoms with Crippen LogP contribution in [0, 0.1) is 0 Å². The predicted molar refractivity (Wildman–Crippen MR) is 89.0 cm³/mol. The maximum atomic E-state index is 12.7. The summed E-state index contributed by atoms with van der Waals surface area (Å²) in [5.41, 5.74) is 2.19. The van der Waals surface area contributed by atoms with Gasteiger partial charge in [-0.1, -0.05) is 11.3 Å². The number of benzene rings is 1. The Balaban J connectivity index is 1.62. The van der Waals surface area contributed by atoms with Gasteiger partial charge < -0.3 is 19.1 Å². The van der Waals surface area contributed by atoms with Crippen LogP contribution in [0.25, 0.3) is 0 Å². The average Bonchev–Trinajstić information content (AvgIpc) is 3.14. The van der Waals surface area contributed by atoms with E-state index in [1.165, 1.54) is 11.3 Å². The maximum absolute atomic E-state index is 12.7. The van der Waals surface area contributed by atoms with E-state index in [0.29, 0.717) is 35.3 Å². The van der Waals surface area contributed by atoms with Crippen LogP contribution in [0.2, 0.25) is 0 Å². The van der Waals surface area contributed by atoms with Gasteiger partial charge in [-0.15, -0.1) is 10.2 Å². The van der Waals surface area contributed by atoms with Crippen LogP contribution in [-0.2, 0) is 0 Å². The van der Waals surface area contributed by atoms with Gasteiger partial charge in [-0.3, -0.25) is 4.79 Å². The number of carbonyl (C=O) groups is 1. The van der Waals surface area contributed by atoms with Gasteiger partial charge in [0.05, 0.1) is 19.8 Å². The van der Waals surface area contributed by atoms with Crippen molar-refractivity contribution in [3.05, 3.63) is 29.3 Å². The Bertz CT molecular complexity index is 685. The lowest BCUT2D eigenvalue weighted by Crippen LogP contribution is -2.41. The highest BCUT2D eigenvalue weighted by Gasteiger charge is 2.27. The molecule has 1 aliphatic rings. The molecule has 0 saturated carbocycles. The van der Waals surface area contributed by atoms with Gasteiger partial charge in [0.2, 0.25) is 0 Å². The maximum Gasteiger partial charge on any atom is 0.294 e. The van der Waals surface area contributed by atoms with E-state index >= 15 is 0 Å². The zero-order chi connectivity index (χ0) is 16.9. The molecule has 1 fully saturated rings. The molecule has 2 aromatic rings. The van der Waals surface area contributed by atoms with Gasteiger partial charge in [0.15, 0.2) is 0 Å². The number of piperidine rings is 1. The molecule has 24 heavy (non-hydrogen) atoms. The second-order valence-corrected chi connectivity index (χ2v) is 6.18. The Morgan fingerprint density at radius 2 is 2.04 bits per heavy atom. The van der Waals surface area contributed by atoms with Crippen LogP contribution in [0.15, 0.2) is 23.7 Å². The molecule has 0 bridgehead atoms. The summed E-state index contributed by atoms with van der Waals surface area (Å²) in [7, 11) is 3.13. The molecule has 2 heterocycles. The van der Waals surface area contributed by atoms with Crippen LogP contribution < -0.4 is 14.2 Å². The highest BCUT2D eigenvalue weighted by Crippen LogP contribution is 2.27. The molecule has 0 aliphatic carbocycles. The van der Waals surface area contributed by atoms with E-state index in [1.54, 1.807) is 37.9 Å². The van der Waals surface area contributed by atoms with Gasteiger partial charge in [-0.05, 0) is 12.1 Å². The summed E-state index contributed by atoms with van der Waals surface area (Å²) in [6.45, 7) is 1.27. The van der Waals surface area contributed by atoms with E-state index in [2.05, 4.69) is 10.2 Å². The molecule has 1 aliphatic heterocycles. The lowest BCUT2D eigenvalue weighted by atomic mass is 10.1. The largest absolute Gasteiger partial charge is 0.497 e. The monoisotopic (exact) mass is 349 g/mol. The Morgan fingerprint density at radius 3 is 2.67 bits per heavy atom. The number of ether oxygens (including phenoxy) is 3. The number of hydrogen-bond donors (Lipinski definition) is 0. The Hall–Kier alpha value is -2.35. The lowest BCUT2D eigenvalue weighted by Gasteiger charge is -2.31. The van der Waals surface area contributed by atoms with Crippen LogP contribution in [0.1, 0.15) is 23.2 Å². The third-order valence-electron chi connectivity index (χ3n) is 3.98. The van der Waals surface area contributed by atoms with Gasteiger partial charge in [0.1, 0.15) is 23.1 Å². The van der Waals surface area contributed by atoms with Gasteiger partial charge >= 0.3 is 0 Å². The smallest absolute Gasteiger partial charge is 0.294 e. The van der Waals surface area contributed by atoms with E-state index < -0.39 is 0 Å². The fourth-order valence-electron chi connectivity index (χ4n) is 2.68. The fourth-order valence-corrected chi connectivity index (χ4v) is 3.15. The van der Waals surface area contributed by atoms with Crippen molar-refractivity contribution in [2.45, 2.75) is 18.9 Å². The summed E-state index contributed by atoms with van der Waals surface area (Å²) < 4.78 is 16.3. The van der Waals surface area contributed by atoms with E-state index in [9.17, 15) is 4.79 Å². The molecule has 128 valence electrons. The first-order valence-corrected chi connectivity index (χ1v) is 8.53. The normalized spacial score (nSPS) is 15.2. The Morgan fingerprint density at radius 1 is 1.25 bits per heavy atom. The van der Waals surface area contributed by atoms with Crippen LogP contribution >= 0.6 is 11.3 Å². The van der Waals surface area contributed by atoms with Crippen molar-refractivity contribution < 1.29 is 19.0 Å². The minimum Gasteiger partial charge on any atom is -0.497 e. The summed E-state index contributed by atoms with van der Waals surface area (Å²) in [5.74, 6) is 1.14. The van der Waals surface area contributed by atoms with Crippen molar-refractivity contribution in [2.24, 2.45) is 0 Å². The molecule has 3 rings (SSSR count). The first-order chi connectivity index (χ1) is 11.7. The van der Waals surface area contributed by atoms with Crippen LogP contribution in [0.5, 0.6) is 16.7 Å². The Labute approximate surface area is 144 Å². The van der Waals surface area contributed by atoms with Crippen LogP contribution in [0.4, 0.5) is 0 Å². The zero-order valence-electron chi connectivity index (χ0n) is 13.6. The molecule has 8 heteroatoms. The SMILES string of the molecule is COc1ccc(C(=O)N2CCC(Oc3nncs3)CC2)c(OC)c1. The highest BCUT2D eigenvalue weighted by atomic mass is 32.1. The number of methoxy groups -OCH3 is 2. The molecular weight excluding hydrogens is 330 g/mol. The molecule has 1 amide bonds. The summed E-state index contributed by atoms with van der Waals surface area (Å²) in [6, 6.07) is 5.23. The number of hydrogen-bond acceptors (Lipinski definition) is 7. The lowest BCUT2D eigenvalue weighted by molar-refractivity contribution is 0.0591. The van der Waals surface area contributed by atoms with Crippen molar-refractivity contribution in [2.75, 3.05) is 27.3 Å². The third-order valence-corrected chi connectivity index (χ3v) is 4.56. The number of amides is 1. The summed E-state index contributed by atoms with van der Waals surface area (Å²) >= 11 is 1.38. The standard InChI is InChI=1S/C16H19N3O4S/c1-21-12-3-4-13(14(9-12)22-2)15(20)19-7-5-11(6-8-19)23-16-18-17-10-24-16/h3-4,9-11H,5-8H2,1-2H3. The number of carbonyl (C=O) groups excluding carboxylic acids is 1. The second kappa shape index (κ2) is 7.48. The number of rotatable bonds is 5. The van der Waals surface area contributed by atoms with E-state index in [1.807, 2.05) is 4.90 Å². The second-order valence-electron chi connectivity index (χ2n) is 5.38. The first-order valence-electron chi connectivity index (χ1n) is 7.65. The van der Waals surface area contributed by atoms with Gasteiger partial charge in [0, 0.05) is 32.0 Å². The number of nitrogens with zero attached hydrogens (tertiary/aromatic N) is 3. The predicted octanol–water partition coefficient (Wildman–Crippen LogP) is 2.24. The molecule has 1 saturated heterocycles. The first kappa shape index (κ1) is 16.5. The third kappa shape index (κ3) is 3.59. The minimum absolute atomic E-state index is 0.0381. The highest BCUT2D eigenvalue weighted by molar-refractivity contribution is 7.11. The molecular formula is C16H19N3O4S. The van der Waals surface area contributed by atoms with Crippen molar-refractivity contribution >= 4 is 17.2 Å². The van der Waals surface area contributed by atoms with Crippen molar-refractivity contribution in [3.8, 4) is 16.7 Å². The summed E-state index contributed by atoms with van der Waals surface area (Å²) in [5, 5.41) is 8.23. The average molecular weight is 349 g/mol. The van der Waals surface area contributed by atoms with E-state index in [4.69, 9.17) is 14.2 Å². The zero-order valence-corrected chi connectivity index (χ0v) is 14.4. The van der Waals surface area contributed by atoms with Gasteiger partial charge in [0.25, 0.3) is 11.1 Å². The summed E-state index contributed by atoms with van der Waals surface area (Å²) in [4.78, 5) is 14.6. The van der Waals surface area contributed by atoms with Gasteiger partial charge in [-0.2, -0.15) is 0 Å². The molecule has 7 nitrogen and oxygen atoms in total. The minimum atomic E-state index is -0.0381. The van der Waals surface area contributed by atoms with Gasteiger partial charge in [-0.25, -0.2) is 0 Å². The van der Waals surface area contributed by atoms with Crippen molar-refractivity contribution in [1.29, 1.82) is 0 Å². The number of aromatic nitrogens is 2. The quantitative estimate of drug-likeness (QED) is 0.824.